The number of aryl methyl sites for hydroxylation is 3. The quantitative estimate of drug-likeness (QED) is 0.703. The Labute approximate surface area is 154 Å². The monoisotopic (exact) mass is 348 g/mol. The zero-order valence-electron chi connectivity index (χ0n) is 15.7. The fraction of sp³-hybridized carbons (Fsp3) is 0.273. The third-order valence-electron chi connectivity index (χ3n) is 4.60. The molecule has 3 aromatic rings. The molecule has 3 rings (SSSR count). The Kier molecular flexibility index (Phi) is 5.33. The lowest BCUT2D eigenvalue weighted by atomic mass is 10.00. The number of fused-ring (bicyclic) bond motifs is 1. The third kappa shape index (κ3) is 3.75. The number of methoxy groups -OCH3 is 1. The summed E-state index contributed by atoms with van der Waals surface area (Å²) in [6.07, 6.45) is 0. The average molecular weight is 348 g/mol. The van der Waals surface area contributed by atoms with Crippen LogP contribution < -0.4 is 5.32 Å². The zero-order valence-corrected chi connectivity index (χ0v) is 15.7. The van der Waals surface area contributed by atoms with Crippen molar-refractivity contribution >= 4 is 16.8 Å². The van der Waals surface area contributed by atoms with Crippen molar-refractivity contribution in [2.75, 3.05) is 20.3 Å². The molecule has 0 bridgehead atoms. The van der Waals surface area contributed by atoms with Crippen molar-refractivity contribution in [2.24, 2.45) is 0 Å². The van der Waals surface area contributed by atoms with E-state index < -0.39 is 0 Å². The van der Waals surface area contributed by atoms with Gasteiger partial charge in [-0.15, -0.1) is 0 Å². The van der Waals surface area contributed by atoms with Gasteiger partial charge in [-0.25, -0.2) is 4.98 Å². The minimum absolute atomic E-state index is 0.106. The first-order chi connectivity index (χ1) is 12.5. The number of amides is 1. The van der Waals surface area contributed by atoms with Gasteiger partial charge >= 0.3 is 0 Å². The summed E-state index contributed by atoms with van der Waals surface area (Å²) >= 11 is 0. The number of nitrogens with one attached hydrogen (secondary N) is 1. The summed E-state index contributed by atoms with van der Waals surface area (Å²) in [5.41, 5.74) is 6.83. The second kappa shape index (κ2) is 7.67. The Morgan fingerprint density at radius 2 is 1.85 bits per heavy atom. The molecule has 4 nitrogen and oxygen atoms in total. The molecule has 0 aliphatic carbocycles. The molecule has 4 heteroatoms. The van der Waals surface area contributed by atoms with Crippen molar-refractivity contribution in [3.8, 4) is 11.3 Å². The summed E-state index contributed by atoms with van der Waals surface area (Å²) in [6.45, 7) is 7.15. The molecule has 0 saturated carbocycles. The van der Waals surface area contributed by atoms with Gasteiger partial charge in [0, 0.05) is 24.6 Å². The van der Waals surface area contributed by atoms with E-state index in [0.29, 0.717) is 18.7 Å². The van der Waals surface area contributed by atoms with Gasteiger partial charge in [-0.3, -0.25) is 4.79 Å². The van der Waals surface area contributed by atoms with Crippen LogP contribution in [-0.2, 0) is 4.74 Å². The topological polar surface area (TPSA) is 51.2 Å². The molecule has 1 N–H and O–H groups in total. The highest BCUT2D eigenvalue weighted by atomic mass is 16.5. The lowest BCUT2D eigenvalue weighted by Gasteiger charge is -2.12. The molecule has 1 aromatic heterocycles. The van der Waals surface area contributed by atoms with Crippen LogP contribution in [-0.4, -0.2) is 31.2 Å². The van der Waals surface area contributed by atoms with E-state index in [0.717, 1.165) is 27.7 Å². The van der Waals surface area contributed by atoms with Gasteiger partial charge in [-0.2, -0.15) is 0 Å². The van der Waals surface area contributed by atoms with Gasteiger partial charge in [0.1, 0.15) is 0 Å². The number of carbonyl (C=O) groups excluding carboxylic acids is 1. The number of benzene rings is 2. The Morgan fingerprint density at radius 3 is 2.58 bits per heavy atom. The Balaban J connectivity index is 2.12. The van der Waals surface area contributed by atoms with Crippen LogP contribution in [0.15, 0.2) is 42.5 Å². The van der Waals surface area contributed by atoms with Gasteiger partial charge in [0.25, 0.3) is 5.91 Å². The molecule has 0 fully saturated rings. The molecule has 0 aliphatic heterocycles. The predicted molar refractivity (Wildman–Crippen MR) is 106 cm³/mol. The van der Waals surface area contributed by atoms with Crippen LogP contribution in [0, 0.1) is 20.8 Å². The molecule has 2 aromatic carbocycles. The first-order valence-corrected chi connectivity index (χ1v) is 8.76. The number of hydrogen-bond donors (Lipinski definition) is 1. The van der Waals surface area contributed by atoms with Gasteiger partial charge in [0.15, 0.2) is 0 Å². The van der Waals surface area contributed by atoms with Crippen LogP contribution in [0.5, 0.6) is 0 Å². The number of pyridine rings is 1. The number of nitrogens with zero attached hydrogens (tertiary/aromatic N) is 1. The summed E-state index contributed by atoms with van der Waals surface area (Å²) in [4.78, 5) is 17.5. The summed E-state index contributed by atoms with van der Waals surface area (Å²) in [6, 6.07) is 14.1. The molecular formula is C22H24N2O2. The lowest BCUT2D eigenvalue weighted by molar-refractivity contribution is 0.0938. The molecule has 0 spiro atoms. The maximum Gasteiger partial charge on any atom is 0.252 e. The van der Waals surface area contributed by atoms with E-state index in [2.05, 4.69) is 37.4 Å². The molecule has 26 heavy (non-hydrogen) atoms. The first-order valence-electron chi connectivity index (χ1n) is 8.76. The summed E-state index contributed by atoms with van der Waals surface area (Å²) in [5, 5.41) is 3.79. The van der Waals surface area contributed by atoms with Gasteiger partial charge in [-0.05, 0) is 56.2 Å². The predicted octanol–water partition coefficient (Wildman–Crippen LogP) is 4.20. The standard InChI is InChI=1S/C22H24N2O2/c1-14-5-8-20-18(11-14)19(22(25)23-9-10-26-4)13-21(24-20)17-7-6-15(2)16(3)12-17/h5-8,11-13H,9-10H2,1-4H3,(H,23,25). The first kappa shape index (κ1) is 18.1. The van der Waals surface area contributed by atoms with E-state index in [1.165, 1.54) is 11.1 Å². The van der Waals surface area contributed by atoms with Crippen LogP contribution in [0.2, 0.25) is 0 Å². The van der Waals surface area contributed by atoms with Crippen LogP contribution in [0.3, 0.4) is 0 Å². The van der Waals surface area contributed by atoms with Crippen LogP contribution in [0.4, 0.5) is 0 Å². The van der Waals surface area contributed by atoms with Crippen molar-refractivity contribution in [1.82, 2.24) is 10.3 Å². The molecule has 0 saturated heterocycles. The van der Waals surface area contributed by atoms with Crippen molar-refractivity contribution in [2.45, 2.75) is 20.8 Å². The largest absolute Gasteiger partial charge is 0.383 e. The highest BCUT2D eigenvalue weighted by Crippen LogP contribution is 2.27. The molecular weight excluding hydrogens is 324 g/mol. The van der Waals surface area contributed by atoms with E-state index in [9.17, 15) is 4.79 Å². The fourth-order valence-electron chi connectivity index (χ4n) is 2.94. The average Bonchev–Trinajstić information content (AvgIpc) is 2.63. The van der Waals surface area contributed by atoms with E-state index in [4.69, 9.17) is 9.72 Å². The summed E-state index contributed by atoms with van der Waals surface area (Å²) in [7, 11) is 1.62. The molecule has 0 atom stereocenters. The zero-order chi connectivity index (χ0) is 18.7. The van der Waals surface area contributed by atoms with Crippen molar-refractivity contribution in [1.29, 1.82) is 0 Å². The number of aromatic nitrogens is 1. The maximum absolute atomic E-state index is 12.8. The van der Waals surface area contributed by atoms with E-state index >= 15 is 0 Å². The highest BCUT2D eigenvalue weighted by molar-refractivity contribution is 6.07. The van der Waals surface area contributed by atoms with Crippen molar-refractivity contribution in [3.05, 3.63) is 64.7 Å². The highest BCUT2D eigenvalue weighted by Gasteiger charge is 2.14. The van der Waals surface area contributed by atoms with E-state index in [-0.39, 0.29) is 5.91 Å². The molecule has 134 valence electrons. The van der Waals surface area contributed by atoms with Gasteiger partial charge in [-0.1, -0.05) is 23.8 Å². The Morgan fingerprint density at radius 1 is 1.04 bits per heavy atom. The van der Waals surface area contributed by atoms with Gasteiger partial charge < -0.3 is 10.1 Å². The lowest BCUT2D eigenvalue weighted by Crippen LogP contribution is -2.27. The maximum atomic E-state index is 12.8. The molecule has 1 amide bonds. The summed E-state index contributed by atoms with van der Waals surface area (Å²) < 4.78 is 5.03. The minimum Gasteiger partial charge on any atom is -0.383 e. The number of hydrogen-bond acceptors (Lipinski definition) is 3. The van der Waals surface area contributed by atoms with Crippen LogP contribution >= 0.6 is 0 Å². The number of rotatable bonds is 5. The smallest absolute Gasteiger partial charge is 0.252 e. The SMILES string of the molecule is COCCNC(=O)c1cc(-c2ccc(C)c(C)c2)nc2ccc(C)cc12. The third-order valence-corrected chi connectivity index (χ3v) is 4.60. The number of carbonyl (C=O) groups is 1. The summed E-state index contributed by atoms with van der Waals surface area (Å²) in [5.74, 6) is -0.106. The minimum atomic E-state index is -0.106. The van der Waals surface area contributed by atoms with Crippen molar-refractivity contribution < 1.29 is 9.53 Å². The van der Waals surface area contributed by atoms with Gasteiger partial charge in [0.2, 0.25) is 0 Å². The van der Waals surface area contributed by atoms with Gasteiger partial charge in [0.05, 0.1) is 23.4 Å². The Bertz CT molecular complexity index is 964. The fourth-order valence-corrected chi connectivity index (χ4v) is 2.94. The molecule has 0 unspecified atom stereocenters. The van der Waals surface area contributed by atoms with Crippen LogP contribution in [0.1, 0.15) is 27.0 Å². The molecule has 0 radical (unpaired) electrons. The second-order valence-electron chi connectivity index (χ2n) is 6.62. The normalized spacial score (nSPS) is 10.9. The molecule has 0 aliphatic rings. The second-order valence-corrected chi connectivity index (χ2v) is 6.62. The van der Waals surface area contributed by atoms with Crippen molar-refractivity contribution in [3.63, 3.8) is 0 Å². The van der Waals surface area contributed by atoms with Crippen LogP contribution in [0.25, 0.3) is 22.2 Å². The Hall–Kier alpha value is -2.72. The van der Waals surface area contributed by atoms with E-state index in [1.807, 2.05) is 31.2 Å². The number of ether oxygens (including phenoxy) is 1. The van der Waals surface area contributed by atoms with E-state index in [1.54, 1.807) is 7.11 Å². The molecule has 1 heterocycles.